The summed E-state index contributed by atoms with van der Waals surface area (Å²) in [5.41, 5.74) is 5.10. The average molecular weight is 421 g/mol. The number of aromatic nitrogens is 3. The van der Waals surface area contributed by atoms with Gasteiger partial charge in [0.25, 0.3) is 5.22 Å². The molecule has 7 heteroatoms. The Bertz CT molecular complexity index is 1080. The van der Waals surface area contributed by atoms with Crippen molar-refractivity contribution in [2.45, 2.75) is 31.7 Å². The monoisotopic (exact) mass is 420 g/mol. The molecule has 2 aromatic carbocycles. The van der Waals surface area contributed by atoms with Crippen LogP contribution in [-0.4, -0.2) is 28.3 Å². The van der Waals surface area contributed by atoms with Gasteiger partial charge in [-0.3, -0.25) is 0 Å². The largest absolute Gasteiger partial charge is 0.444 e. The molecule has 0 aliphatic carbocycles. The van der Waals surface area contributed by atoms with Crippen molar-refractivity contribution in [3.8, 4) is 22.9 Å². The number of aryl methyl sites for hydroxylation is 1. The standard InChI is InChI=1S/C23H24N4O2S/c1-4-27(5-2)20-12-10-18(11-13-20)22-25-26-23(29-22)30-15-19-14-28-21(24-19)17-8-6-16(3)7-9-17/h6-14H,4-5,15H2,1-3H3. The molecule has 0 atom stereocenters. The SMILES string of the molecule is CCN(CC)c1ccc(-c2nnc(SCc3coc(-c4ccc(C)cc4)n3)o2)cc1. The van der Waals surface area contributed by atoms with Gasteiger partial charge in [-0.1, -0.05) is 29.5 Å². The summed E-state index contributed by atoms with van der Waals surface area (Å²) < 4.78 is 11.4. The predicted octanol–water partition coefficient (Wildman–Crippen LogP) is 5.84. The number of thioether (sulfide) groups is 1. The highest BCUT2D eigenvalue weighted by Gasteiger charge is 2.12. The van der Waals surface area contributed by atoms with Crippen LogP contribution in [0.4, 0.5) is 5.69 Å². The predicted molar refractivity (Wildman–Crippen MR) is 120 cm³/mol. The lowest BCUT2D eigenvalue weighted by Gasteiger charge is -2.20. The van der Waals surface area contributed by atoms with Crippen LogP contribution in [0.3, 0.4) is 0 Å². The van der Waals surface area contributed by atoms with E-state index >= 15 is 0 Å². The zero-order chi connectivity index (χ0) is 20.9. The van der Waals surface area contributed by atoms with E-state index < -0.39 is 0 Å². The smallest absolute Gasteiger partial charge is 0.277 e. The molecule has 0 unspecified atom stereocenters. The Morgan fingerprint density at radius 3 is 2.23 bits per heavy atom. The lowest BCUT2D eigenvalue weighted by molar-refractivity contribution is 0.466. The number of benzene rings is 2. The van der Waals surface area contributed by atoms with Crippen molar-refractivity contribution >= 4 is 17.4 Å². The molecule has 4 rings (SSSR count). The normalized spacial score (nSPS) is 11.0. The molecule has 0 saturated heterocycles. The summed E-state index contributed by atoms with van der Waals surface area (Å²) in [6.07, 6.45) is 1.67. The second kappa shape index (κ2) is 9.17. The molecule has 0 bridgehead atoms. The first-order valence-corrected chi connectivity index (χ1v) is 11.0. The van der Waals surface area contributed by atoms with E-state index in [2.05, 4.69) is 53.0 Å². The van der Waals surface area contributed by atoms with E-state index in [1.54, 1.807) is 6.26 Å². The molecule has 0 N–H and O–H groups in total. The summed E-state index contributed by atoms with van der Waals surface area (Å²) in [7, 11) is 0. The van der Waals surface area contributed by atoms with Crippen LogP contribution in [0.25, 0.3) is 22.9 Å². The van der Waals surface area contributed by atoms with Gasteiger partial charge in [0.1, 0.15) is 6.26 Å². The summed E-state index contributed by atoms with van der Waals surface area (Å²) in [5, 5.41) is 8.84. The van der Waals surface area contributed by atoms with Crippen LogP contribution < -0.4 is 4.90 Å². The Kier molecular flexibility index (Phi) is 6.18. The van der Waals surface area contributed by atoms with Crippen molar-refractivity contribution in [2.75, 3.05) is 18.0 Å². The molecular formula is C23H24N4O2S. The third kappa shape index (κ3) is 4.57. The van der Waals surface area contributed by atoms with Gasteiger partial charge in [0, 0.05) is 35.7 Å². The molecule has 30 heavy (non-hydrogen) atoms. The lowest BCUT2D eigenvalue weighted by Crippen LogP contribution is -2.21. The van der Waals surface area contributed by atoms with Gasteiger partial charge < -0.3 is 13.7 Å². The van der Waals surface area contributed by atoms with E-state index in [1.165, 1.54) is 23.0 Å². The van der Waals surface area contributed by atoms with Gasteiger partial charge in [-0.15, -0.1) is 10.2 Å². The van der Waals surface area contributed by atoms with E-state index in [9.17, 15) is 0 Å². The van der Waals surface area contributed by atoms with Crippen LogP contribution in [0, 0.1) is 6.92 Å². The zero-order valence-corrected chi connectivity index (χ0v) is 18.1. The first-order chi connectivity index (χ1) is 14.7. The van der Waals surface area contributed by atoms with Gasteiger partial charge in [-0.2, -0.15) is 0 Å². The zero-order valence-electron chi connectivity index (χ0n) is 17.3. The minimum Gasteiger partial charge on any atom is -0.444 e. The highest BCUT2D eigenvalue weighted by Crippen LogP contribution is 2.28. The number of hydrogen-bond acceptors (Lipinski definition) is 7. The highest BCUT2D eigenvalue weighted by atomic mass is 32.2. The van der Waals surface area contributed by atoms with Crippen LogP contribution in [-0.2, 0) is 5.75 Å². The number of oxazole rings is 1. The first kappa shape index (κ1) is 20.2. The molecule has 0 amide bonds. The third-order valence-electron chi connectivity index (χ3n) is 4.84. The Labute approximate surface area is 180 Å². The van der Waals surface area contributed by atoms with E-state index in [0.717, 1.165) is 29.9 Å². The fourth-order valence-electron chi connectivity index (χ4n) is 3.13. The molecule has 6 nitrogen and oxygen atoms in total. The minimum absolute atomic E-state index is 0.512. The Balaban J connectivity index is 1.39. The van der Waals surface area contributed by atoms with Crippen LogP contribution in [0.1, 0.15) is 25.1 Å². The molecule has 0 fully saturated rings. The summed E-state index contributed by atoms with van der Waals surface area (Å²) in [4.78, 5) is 6.84. The van der Waals surface area contributed by atoms with Crippen LogP contribution in [0.15, 0.2) is 68.9 Å². The maximum Gasteiger partial charge on any atom is 0.277 e. The molecule has 4 aromatic rings. The second-order valence-electron chi connectivity index (χ2n) is 6.89. The minimum atomic E-state index is 0.512. The molecule has 0 aliphatic heterocycles. The number of anilines is 1. The summed E-state index contributed by atoms with van der Waals surface area (Å²) in [5.74, 6) is 1.73. The Morgan fingerprint density at radius 2 is 1.53 bits per heavy atom. The Hall–Kier alpha value is -3.06. The molecular weight excluding hydrogens is 396 g/mol. The van der Waals surface area contributed by atoms with Crippen LogP contribution in [0.5, 0.6) is 0 Å². The van der Waals surface area contributed by atoms with Gasteiger partial charge >= 0.3 is 0 Å². The van der Waals surface area contributed by atoms with Crippen molar-refractivity contribution in [3.63, 3.8) is 0 Å². The van der Waals surface area contributed by atoms with E-state index in [1.807, 2.05) is 36.4 Å². The third-order valence-corrected chi connectivity index (χ3v) is 5.70. The second-order valence-corrected chi connectivity index (χ2v) is 7.82. The van der Waals surface area contributed by atoms with Crippen molar-refractivity contribution in [1.82, 2.24) is 15.2 Å². The van der Waals surface area contributed by atoms with E-state index in [0.29, 0.717) is 22.8 Å². The quantitative estimate of drug-likeness (QED) is 0.332. The van der Waals surface area contributed by atoms with Crippen LogP contribution >= 0.6 is 11.8 Å². The summed E-state index contributed by atoms with van der Waals surface area (Å²) in [6, 6.07) is 16.3. The van der Waals surface area contributed by atoms with Crippen molar-refractivity contribution < 1.29 is 8.83 Å². The molecule has 0 spiro atoms. The number of hydrogen-bond donors (Lipinski definition) is 0. The fraction of sp³-hybridized carbons (Fsp3) is 0.261. The van der Waals surface area contributed by atoms with E-state index in [-0.39, 0.29) is 0 Å². The maximum atomic E-state index is 5.82. The van der Waals surface area contributed by atoms with Gasteiger partial charge in [0.2, 0.25) is 11.8 Å². The highest BCUT2D eigenvalue weighted by molar-refractivity contribution is 7.98. The van der Waals surface area contributed by atoms with E-state index in [4.69, 9.17) is 8.83 Å². The number of nitrogens with zero attached hydrogens (tertiary/aromatic N) is 4. The average Bonchev–Trinajstić information content (AvgIpc) is 3.44. The van der Waals surface area contributed by atoms with Crippen LogP contribution in [0.2, 0.25) is 0 Å². The van der Waals surface area contributed by atoms with Crippen molar-refractivity contribution in [2.24, 2.45) is 0 Å². The van der Waals surface area contributed by atoms with Gasteiger partial charge in [0.15, 0.2) is 0 Å². The summed E-state index contributed by atoms with van der Waals surface area (Å²) >= 11 is 1.44. The number of rotatable bonds is 8. The van der Waals surface area contributed by atoms with Gasteiger partial charge in [-0.05, 0) is 57.2 Å². The summed E-state index contributed by atoms with van der Waals surface area (Å²) in [6.45, 7) is 8.31. The fourth-order valence-corrected chi connectivity index (χ4v) is 3.77. The van der Waals surface area contributed by atoms with Gasteiger partial charge in [-0.25, -0.2) is 4.98 Å². The van der Waals surface area contributed by atoms with Crippen molar-refractivity contribution in [1.29, 1.82) is 0 Å². The Morgan fingerprint density at radius 1 is 0.867 bits per heavy atom. The van der Waals surface area contributed by atoms with Crippen molar-refractivity contribution in [3.05, 3.63) is 66.1 Å². The molecule has 154 valence electrons. The first-order valence-electron chi connectivity index (χ1n) is 9.99. The molecule has 2 heterocycles. The topological polar surface area (TPSA) is 68.2 Å². The molecule has 0 radical (unpaired) electrons. The molecule has 2 aromatic heterocycles. The molecule has 0 saturated carbocycles. The van der Waals surface area contributed by atoms with Gasteiger partial charge in [0.05, 0.1) is 5.69 Å². The lowest BCUT2D eigenvalue weighted by atomic mass is 10.1. The molecule has 0 aliphatic rings. The maximum absolute atomic E-state index is 5.82.